The Morgan fingerprint density at radius 3 is 2.08 bits per heavy atom. The summed E-state index contributed by atoms with van der Waals surface area (Å²) < 4.78 is 38.4. The number of amides is 2. The van der Waals surface area contributed by atoms with Crippen LogP contribution in [-0.4, -0.2) is 97.3 Å². The van der Waals surface area contributed by atoms with Gasteiger partial charge in [-0.05, 0) is 61.4 Å². The molecule has 0 aliphatic carbocycles. The van der Waals surface area contributed by atoms with Crippen LogP contribution in [0.25, 0.3) is 10.5 Å². The topological polar surface area (TPSA) is 260 Å². The molecule has 0 radical (unpaired) electrons. The molecule has 2 amide bonds. The molecule has 1 fully saturated rings. The fraction of sp³-hybridized carbons (Fsp3) is 0.300. The summed E-state index contributed by atoms with van der Waals surface area (Å²) >= 11 is 2.86. The van der Waals surface area contributed by atoms with Crippen LogP contribution in [-0.2, 0) is 42.4 Å². The van der Waals surface area contributed by atoms with Crippen molar-refractivity contribution in [3.05, 3.63) is 67.9 Å². The predicted molar refractivity (Wildman–Crippen MR) is 194 cm³/mol. The third-order valence-electron chi connectivity index (χ3n) is 7.61. The first-order valence-corrected chi connectivity index (χ1v) is 19.9. The second kappa shape index (κ2) is 15.4. The maximum absolute atomic E-state index is 13.9. The summed E-state index contributed by atoms with van der Waals surface area (Å²) in [5, 5.41) is 28.0. The average Bonchev–Trinajstić information content (AvgIpc) is 3.74. The van der Waals surface area contributed by atoms with Gasteiger partial charge in [-0.3, -0.25) is 52.1 Å². The number of carbonyl (C=O) groups excluding carboxylic acids is 2. The van der Waals surface area contributed by atoms with Gasteiger partial charge in [0, 0.05) is 11.4 Å². The van der Waals surface area contributed by atoms with Gasteiger partial charge < -0.3 is 25.0 Å². The second-order valence-corrected chi connectivity index (χ2v) is 17.0. The minimum atomic E-state index is -4.26. The first-order chi connectivity index (χ1) is 24.8. The number of rotatable bonds is 12. The molecule has 1 saturated heterocycles. The second-order valence-electron chi connectivity index (χ2n) is 11.4. The maximum Gasteiger partial charge on any atom is 0.323 e. The van der Waals surface area contributed by atoms with E-state index >= 15 is 0 Å². The number of aliphatic carboxylic acids is 3. The largest absolute Gasteiger partial charge is 0.496 e. The van der Waals surface area contributed by atoms with E-state index in [4.69, 9.17) is 9.84 Å². The number of aryl methyl sites for hydroxylation is 1. The number of methoxy groups -OCH3 is 1. The fourth-order valence-corrected chi connectivity index (χ4v) is 10.4. The van der Waals surface area contributed by atoms with Gasteiger partial charge in [0.15, 0.2) is 0 Å². The number of hydrogen-bond acceptors (Lipinski definition) is 15. The lowest BCUT2D eigenvalue weighted by molar-refractivity contribution is -0.140. The lowest BCUT2D eigenvalue weighted by atomic mass is 10.2. The number of thioether (sulfide) groups is 2. The van der Waals surface area contributed by atoms with Gasteiger partial charge in [-0.25, -0.2) is 0 Å². The first-order valence-electron chi connectivity index (χ1n) is 15.0. The zero-order chi connectivity index (χ0) is 39.1. The quantitative estimate of drug-likeness (QED) is 0.183. The fourth-order valence-electron chi connectivity index (χ4n) is 5.35. The van der Waals surface area contributed by atoms with Crippen LogP contribution in [0.2, 0.25) is 0 Å². The smallest absolute Gasteiger partial charge is 0.323 e. The Kier molecular flexibility index (Phi) is 11.4. The van der Waals surface area contributed by atoms with Crippen LogP contribution in [0, 0.1) is 16.1 Å². The van der Waals surface area contributed by atoms with Crippen molar-refractivity contribution in [1.82, 2.24) is 14.0 Å². The van der Waals surface area contributed by atoms with Gasteiger partial charge >= 0.3 is 17.9 Å². The van der Waals surface area contributed by atoms with E-state index in [0.29, 0.717) is 54.6 Å². The number of nitrogens with zero attached hydrogens (tertiary/aromatic N) is 4. The third kappa shape index (κ3) is 8.28. The Morgan fingerprint density at radius 2 is 1.49 bits per heavy atom. The van der Waals surface area contributed by atoms with Crippen LogP contribution in [0.3, 0.4) is 0 Å². The Labute approximate surface area is 314 Å². The molecule has 4 heterocycles. The number of allylic oxidation sites excluding steroid dienone is 1. The highest BCUT2D eigenvalue weighted by molar-refractivity contribution is 8.23. The highest BCUT2D eigenvalue weighted by Gasteiger charge is 2.38. The van der Waals surface area contributed by atoms with E-state index in [0.717, 1.165) is 26.4 Å². The van der Waals surface area contributed by atoms with Crippen molar-refractivity contribution in [2.75, 3.05) is 30.9 Å². The number of carboxylic acid groups (broad SMARTS) is 3. The van der Waals surface area contributed by atoms with Gasteiger partial charge in [0.25, 0.3) is 32.4 Å². The van der Waals surface area contributed by atoms with Crippen LogP contribution in [0.4, 0.5) is 10.5 Å². The monoisotopic (exact) mass is 828 g/mol. The molecule has 2 aliphatic heterocycles. The maximum atomic E-state index is 13.9. The van der Waals surface area contributed by atoms with E-state index in [1.54, 1.807) is 24.0 Å². The molecule has 5 rings (SSSR count). The Morgan fingerprint density at radius 1 is 0.868 bits per heavy atom. The van der Waals surface area contributed by atoms with E-state index in [1.807, 2.05) is 13.0 Å². The van der Waals surface area contributed by atoms with Crippen LogP contribution in [0.1, 0.15) is 18.9 Å². The lowest BCUT2D eigenvalue weighted by Gasteiger charge is -2.21. The van der Waals surface area contributed by atoms with Crippen molar-refractivity contribution in [3.63, 3.8) is 0 Å². The van der Waals surface area contributed by atoms with Gasteiger partial charge in [0.1, 0.15) is 44.1 Å². The Bertz CT molecular complexity index is 2600. The standard InChI is InChI=1S/C30H28N4O14S5/c1-13-7-15-17(9-16(13)48-3)49-18(31(15)5-4-6-53(45,46)47)8-14(2)22-25(41)32(10-19(35)36)28(50-22)23-26(42)33(11-20(37)38)29(51-23)24-27(43)34(12-21(39)40)30(44)52-24/h7-9H,4-6,10-12H2,1-3H3,(H,35,36)(H,37,38)(H,39,40)(H,45,46,47)/b18-8-,22-14+,28-23+,29-24+. The van der Waals surface area contributed by atoms with Crippen LogP contribution >= 0.6 is 46.2 Å². The molecule has 282 valence electrons. The first kappa shape index (κ1) is 39.5. The molecule has 4 N–H and O–H groups in total. The summed E-state index contributed by atoms with van der Waals surface area (Å²) in [6.07, 6.45) is 1.66. The highest BCUT2D eigenvalue weighted by atomic mass is 32.2. The molecule has 0 saturated carbocycles. The zero-order valence-electron chi connectivity index (χ0n) is 27.7. The number of ether oxygens (including phenoxy) is 1. The molecule has 53 heavy (non-hydrogen) atoms. The number of imide groups is 1. The summed E-state index contributed by atoms with van der Waals surface area (Å²) in [5.41, 5.74) is -0.000332. The minimum Gasteiger partial charge on any atom is -0.496 e. The van der Waals surface area contributed by atoms with Gasteiger partial charge in [-0.15, -0.1) is 22.7 Å². The van der Waals surface area contributed by atoms with E-state index in [1.165, 1.54) is 18.9 Å². The van der Waals surface area contributed by atoms with Crippen molar-refractivity contribution in [1.29, 1.82) is 0 Å². The molecule has 1 aromatic carbocycles. The number of hydrogen-bond donors (Lipinski definition) is 4. The number of carbonyl (C=O) groups is 5. The molecule has 18 nitrogen and oxygen atoms in total. The van der Waals surface area contributed by atoms with E-state index in [-0.39, 0.29) is 31.4 Å². The number of thiazole rings is 2. The normalized spacial score (nSPS) is 17.5. The molecule has 0 atom stereocenters. The lowest BCUT2D eigenvalue weighted by Crippen LogP contribution is -2.35. The molecule has 23 heteroatoms. The molecular formula is C30H28N4O14S5. The van der Waals surface area contributed by atoms with Crippen molar-refractivity contribution in [2.45, 2.75) is 38.3 Å². The Hall–Kier alpha value is -4.68. The van der Waals surface area contributed by atoms with Crippen LogP contribution < -0.4 is 30.0 Å². The van der Waals surface area contributed by atoms with Crippen LogP contribution in [0.5, 0.6) is 5.75 Å². The van der Waals surface area contributed by atoms with Crippen molar-refractivity contribution in [2.24, 2.45) is 0 Å². The molecule has 3 aromatic rings. The van der Waals surface area contributed by atoms with Crippen LogP contribution in [0.15, 0.2) is 37.7 Å². The Balaban J connectivity index is 1.78. The van der Waals surface area contributed by atoms with Gasteiger partial charge in [-0.2, -0.15) is 8.42 Å². The molecule has 0 unspecified atom stereocenters. The predicted octanol–water partition coefficient (Wildman–Crippen LogP) is 0.697. The molecule has 0 spiro atoms. The average molecular weight is 829 g/mol. The van der Waals surface area contributed by atoms with E-state index < -0.39 is 80.6 Å². The summed E-state index contributed by atoms with van der Waals surface area (Å²) in [6, 6.07) is 3.63. The van der Waals surface area contributed by atoms with Crippen molar-refractivity contribution < 1.29 is 57.0 Å². The summed E-state index contributed by atoms with van der Waals surface area (Å²) in [6.45, 7) is 0.657. The van der Waals surface area contributed by atoms with Gasteiger partial charge in [-0.1, -0.05) is 11.8 Å². The van der Waals surface area contributed by atoms with Gasteiger partial charge in [0.05, 0.1) is 28.1 Å². The summed E-state index contributed by atoms with van der Waals surface area (Å²) in [4.78, 5) is 90.7. The highest BCUT2D eigenvalue weighted by Crippen LogP contribution is 2.48. The molecule has 0 bridgehead atoms. The van der Waals surface area contributed by atoms with E-state index in [9.17, 15) is 56.7 Å². The van der Waals surface area contributed by atoms with Crippen molar-refractivity contribution in [3.8, 4) is 5.75 Å². The number of aromatic nitrogens is 2. The van der Waals surface area contributed by atoms with Crippen molar-refractivity contribution >= 4 is 102 Å². The minimum absolute atomic E-state index is 0.00197. The van der Waals surface area contributed by atoms with Gasteiger partial charge in [0.2, 0.25) is 0 Å². The molecule has 2 aromatic heterocycles. The molecular weight excluding hydrogens is 801 g/mol. The summed E-state index contributed by atoms with van der Waals surface area (Å²) in [5.74, 6) is -5.45. The number of carboxylic acids is 3. The number of benzene rings is 1. The molecule has 2 aliphatic rings. The van der Waals surface area contributed by atoms with E-state index in [2.05, 4.69) is 0 Å². The number of fused-ring (bicyclic) bond motifs is 1. The summed E-state index contributed by atoms with van der Waals surface area (Å²) in [7, 11) is -2.75. The zero-order valence-corrected chi connectivity index (χ0v) is 31.8. The third-order valence-corrected chi connectivity index (χ3v) is 13.2. The SMILES string of the molecule is COc1cc2c(cc1C)N(CCCS(=O)(=O)O)/C(=C/C(C)=c1/s/c(=c3/s/c(=C4/SC(=O)N(CC(=O)O)C4=O)n(CC(=O)O)c3=O)n(CC(=O)O)c1=O)S2. The number of anilines is 1.